The Bertz CT molecular complexity index is 409. The summed E-state index contributed by atoms with van der Waals surface area (Å²) in [4.78, 5) is 12.3. The largest absolute Gasteiger partial charge is 0.492 e. The van der Waals surface area contributed by atoms with Crippen molar-refractivity contribution < 1.29 is 14.6 Å². The number of hydrogen-bond acceptors (Lipinski definition) is 3. The Morgan fingerprint density at radius 2 is 2.17 bits per heavy atom. The second-order valence-corrected chi connectivity index (χ2v) is 4.64. The van der Waals surface area contributed by atoms with Gasteiger partial charge in [0.2, 0.25) is 0 Å². The number of nitrogens with zero attached hydrogens (tertiary/aromatic N) is 1. The van der Waals surface area contributed by atoms with Crippen LogP contribution in [0.25, 0.3) is 0 Å². The maximum absolute atomic E-state index is 10.4. The molecule has 0 saturated heterocycles. The van der Waals surface area contributed by atoms with E-state index >= 15 is 0 Å². The summed E-state index contributed by atoms with van der Waals surface area (Å²) in [6, 6.07) is 5.48. The van der Waals surface area contributed by atoms with E-state index in [1.54, 1.807) is 6.07 Å². The van der Waals surface area contributed by atoms with Gasteiger partial charge >= 0.3 is 5.97 Å². The fraction of sp³-hybridized carbons (Fsp3) is 0.462. The number of benzene rings is 1. The van der Waals surface area contributed by atoms with Crippen molar-refractivity contribution in [2.75, 3.05) is 26.7 Å². The smallest absolute Gasteiger partial charge is 0.304 e. The zero-order chi connectivity index (χ0) is 13.5. The van der Waals surface area contributed by atoms with Crippen LogP contribution in [0.4, 0.5) is 0 Å². The summed E-state index contributed by atoms with van der Waals surface area (Å²) in [7, 11) is 1.88. The Morgan fingerprint density at radius 3 is 2.78 bits per heavy atom. The van der Waals surface area contributed by atoms with Crippen molar-refractivity contribution in [2.45, 2.75) is 13.3 Å². The fourth-order valence-electron chi connectivity index (χ4n) is 1.48. The fourth-order valence-corrected chi connectivity index (χ4v) is 1.71. The molecular weight excluding hydrogens is 254 g/mol. The number of likely N-dealkylation sites (N-methyl/N-ethyl adjacent to an activating group) is 1. The van der Waals surface area contributed by atoms with Gasteiger partial charge in [0.1, 0.15) is 12.4 Å². The maximum atomic E-state index is 10.4. The third-order valence-corrected chi connectivity index (χ3v) is 2.81. The molecule has 0 amide bonds. The topological polar surface area (TPSA) is 49.8 Å². The van der Waals surface area contributed by atoms with E-state index in [4.69, 9.17) is 21.4 Å². The highest BCUT2D eigenvalue weighted by atomic mass is 35.5. The summed E-state index contributed by atoms with van der Waals surface area (Å²) >= 11 is 5.85. The standard InChI is InChI=1S/C13H18ClNO3/c1-10-9-11(14)3-4-12(10)18-8-7-15(2)6-5-13(16)17/h3-4,9H,5-8H2,1-2H3,(H,16,17). The van der Waals surface area contributed by atoms with Crippen molar-refractivity contribution in [1.29, 1.82) is 0 Å². The lowest BCUT2D eigenvalue weighted by atomic mass is 10.2. The highest BCUT2D eigenvalue weighted by Gasteiger charge is 2.04. The van der Waals surface area contributed by atoms with Gasteiger partial charge in [0.05, 0.1) is 6.42 Å². The molecule has 0 aliphatic rings. The summed E-state index contributed by atoms with van der Waals surface area (Å²) in [6.07, 6.45) is 0.149. The van der Waals surface area contributed by atoms with Crippen LogP contribution in [0, 0.1) is 6.92 Å². The monoisotopic (exact) mass is 271 g/mol. The second-order valence-electron chi connectivity index (χ2n) is 4.21. The summed E-state index contributed by atoms with van der Waals surface area (Å²) in [5.41, 5.74) is 0.996. The van der Waals surface area contributed by atoms with Gasteiger partial charge < -0.3 is 14.7 Å². The number of carbonyl (C=O) groups is 1. The molecule has 0 aliphatic carbocycles. The summed E-state index contributed by atoms with van der Waals surface area (Å²) in [6.45, 7) is 3.68. The van der Waals surface area contributed by atoms with E-state index in [1.165, 1.54) is 0 Å². The van der Waals surface area contributed by atoms with E-state index in [2.05, 4.69) is 0 Å². The van der Waals surface area contributed by atoms with Crippen molar-refractivity contribution >= 4 is 17.6 Å². The highest BCUT2D eigenvalue weighted by Crippen LogP contribution is 2.21. The Kier molecular flexibility index (Phi) is 5.95. The van der Waals surface area contributed by atoms with Crippen molar-refractivity contribution in [3.63, 3.8) is 0 Å². The van der Waals surface area contributed by atoms with Crippen LogP contribution in [0.3, 0.4) is 0 Å². The molecule has 4 nitrogen and oxygen atoms in total. The van der Waals surface area contributed by atoms with E-state index < -0.39 is 5.97 Å². The van der Waals surface area contributed by atoms with Crippen LogP contribution in [0.15, 0.2) is 18.2 Å². The molecule has 0 aromatic heterocycles. The molecule has 0 fully saturated rings. The Hall–Kier alpha value is -1.26. The molecule has 0 bridgehead atoms. The minimum Gasteiger partial charge on any atom is -0.492 e. The minimum absolute atomic E-state index is 0.149. The van der Waals surface area contributed by atoms with Crippen LogP contribution in [-0.2, 0) is 4.79 Å². The zero-order valence-corrected chi connectivity index (χ0v) is 11.4. The number of hydrogen-bond donors (Lipinski definition) is 1. The number of rotatable bonds is 7. The molecule has 1 N–H and O–H groups in total. The summed E-state index contributed by atoms with van der Waals surface area (Å²) in [5.74, 6) is 0.0300. The van der Waals surface area contributed by atoms with Crippen LogP contribution in [0.5, 0.6) is 5.75 Å². The summed E-state index contributed by atoms with van der Waals surface area (Å²) < 4.78 is 5.62. The number of aliphatic carboxylic acids is 1. The van der Waals surface area contributed by atoms with Gasteiger partial charge in [-0.15, -0.1) is 0 Å². The van der Waals surface area contributed by atoms with Gasteiger partial charge in [-0.2, -0.15) is 0 Å². The molecule has 0 radical (unpaired) electrons. The van der Waals surface area contributed by atoms with Crippen LogP contribution in [-0.4, -0.2) is 42.7 Å². The summed E-state index contributed by atoms with van der Waals surface area (Å²) in [5, 5.41) is 9.25. The third-order valence-electron chi connectivity index (χ3n) is 2.57. The molecule has 100 valence electrons. The first kappa shape index (κ1) is 14.8. The number of aryl methyl sites for hydroxylation is 1. The average Bonchev–Trinajstić information content (AvgIpc) is 2.29. The molecule has 0 aliphatic heterocycles. The van der Waals surface area contributed by atoms with Gasteiger partial charge in [0.15, 0.2) is 0 Å². The lowest BCUT2D eigenvalue weighted by Gasteiger charge is -2.16. The first-order chi connectivity index (χ1) is 8.49. The van der Waals surface area contributed by atoms with Crippen molar-refractivity contribution in [3.8, 4) is 5.75 Å². The molecular formula is C13H18ClNO3. The van der Waals surface area contributed by atoms with Crippen LogP contribution >= 0.6 is 11.6 Å². The van der Waals surface area contributed by atoms with Crippen molar-refractivity contribution in [1.82, 2.24) is 4.90 Å². The van der Waals surface area contributed by atoms with Gasteiger partial charge in [-0.05, 0) is 37.7 Å². The lowest BCUT2D eigenvalue weighted by molar-refractivity contribution is -0.137. The van der Waals surface area contributed by atoms with E-state index in [0.29, 0.717) is 24.7 Å². The minimum atomic E-state index is -0.781. The first-order valence-corrected chi connectivity index (χ1v) is 6.16. The SMILES string of the molecule is Cc1cc(Cl)ccc1OCCN(C)CCC(=O)O. The number of ether oxygens (including phenoxy) is 1. The molecule has 0 atom stereocenters. The van der Waals surface area contributed by atoms with Crippen LogP contribution in [0.2, 0.25) is 5.02 Å². The maximum Gasteiger partial charge on any atom is 0.304 e. The predicted octanol–water partition coefficient (Wildman–Crippen LogP) is 2.43. The van der Waals surface area contributed by atoms with Gasteiger partial charge in [-0.25, -0.2) is 0 Å². The Balaban J connectivity index is 2.30. The molecule has 18 heavy (non-hydrogen) atoms. The molecule has 0 unspecified atom stereocenters. The first-order valence-electron chi connectivity index (χ1n) is 5.78. The Morgan fingerprint density at radius 1 is 1.44 bits per heavy atom. The molecule has 1 aromatic carbocycles. The van der Waals surface area contributed by atoms with Gasteiger partial charge in [0, 0.05) is 18.1 Å². The number of carboxylic acid groups (broad SMARTS) is 1. The Labute approximate surface area is 112 Å². The lowest BCUT2D eigenvalue weighted by Crippen LogP contribution is -2.26. The van der Waals surface area contributed by atoms with Gasteiger partial charge in [-0.3, -0.25) is 4.79 Å². The average molecular weight is 272 g/mol. The number of carboxylic acids is 1. The number of halogens is 1. The van der Waals surface area contributed by atoms with E-state index in [0.717, 1.165) is 11.3 Å². The highest BCUT2D eigenvalue weighted by molar-refractivity contribution is 6.30. The molecule has 1 rings (SSSR count). The normalized spacial score (nSPS) is 10.7. The molecule has 1 aromatic rings. The van der Waals surface area contributed by atoms with E-state index in [9.17, 15) is 4.79 Å². The third kappa shape index (κ3) is 5.38. The van der Waals surface area contributed by atoms with E-state index in [-0.39, 0.29) is 6.42 Å². The quantitative estimate of drug-likeness (QED) is 0.828. The van der Waals surface area contributed by atoms with Crippen molar-refractivity contribution in [3.05, 3.63) is 28.8 Å². The van der Waals surface area contributed by atoms with E-state index in [1.807, 2.05) is 31.0 Å². The van der Waals surface area contributed by atoms with Gasteiger partial charge in [0.25, 0.3) is 0 Å². The zero-order valence-electron chi connectivity index (χ0n) is 10.6. The molecule has 0 spiro atoms. The molecule has 0 heterocycles. The second kappa shape index (κ2) is 7.24. The van der Waals surface area contributed by atoms with Crippen LogP contribution in [0.1, 0.15) is 12.0 Å². The molecule has 5 heteroatoms. The predicted molar refractivity (Wildman–Crippen MR) is 71.4 cm³/mol. The van der Waals surface area contributed by atoms with Crippen molar-refractivity contribution in [2.24, 2.45) is 0 Å². The molecule has 0 saturated carbocycles. The van der Waals surface area contributed by atoms with Gasteiger partial charge in [-0.1, -0.05) is 11.6 Å². The van der Waals surface area contributed by atoms with Crippen LogP contribution < -0.4 is 4.74 Å².